The number of sulfonamides is 1. The fraction of sp³-hybridized carbons (Fsp3) is 0.350. The van der Waals surface area contributed by atoms with Crippen LogP contribution in [0.4, 0.5) is 0 Å². The smallest absolute Gasteiger partial charge is 0.251 e. The lowest BCUT2D eigenvalue weighted by molar-refractivity contribution is 0.0953. The second kappa shape index (κ2) is 9.50. The fourth-order valence-corrected chi connectivity index (χ4v) is 3.54. The van der Waals surface area contributed by atoms with Gasteiger partial charge in [0, 0.05) is 18.7 Å². The number of carbonyl (C=O) groups excluding carboxylic acids is 1. The molecule has 0 saturated heterocycles. The molecule has 5 nitrogen and oxygen atoms in total. The van der Waals surface area contributed by atoms with Gasteiger partial charge in [-0.05, 0) is 48.7 Å². The molecule has 0 aromatic heterocycles. The minimum Gasteiger partial charge on any atom is -0.352 e. The molecule has 0 atom stereocenters. The zero-order valence-electron chi connectivity index (χ0n) is 15.3. The standard InChI is InChI=1S/C20H26N2O3S/c1-3-4-7-14-21-20(23)17-10-12-19(13-11-17)26(24,25)22-15-18-9-6-5-8-16(18)2/h5-6,8-13,22H,3-4,7,14-15H2,1-2H3,(H,21,23). The third kappa shape index (κ3) is 5.68. The maximum absolute atomic E-state index is 12.4. The molecule has 140 valence electrons. The molecular weight excluding hydrogens is 348 g/mol. The summed E-state index contributed by atoms with van der Waals surface area (Å²) >= 11 is 0. The van der Waals surface area contributed by atoms with E-state index >= 15 is 0 Å². The lowest BCUT2D eigenvalue weighted by atomic mass is 10.1. The van der Waals surface area contributed by atoms with Crippen LogP contribution in [0.15, 0.2) is 53.4 Å². The Bertz CT molecular complexity index is 830. The Kier molecular flexibility index (Phi) is 7.36. The van der Waals surface area contributed by atoms with Crippen LogP contribution in [0.1, 0.15) is 47.7 Å². The van der Waals surface area contributed by atoms with E-state index in [4.69, 9.17) is 0 Å². The number of unbranched alkanes of at least 4 members (excludes halogenated alkanes) is 2. The van der Waals surface area contributed by atoms with Gasteiger partial charge in [-0.3, -0.25) is 4.79 Å². The van der Waals surface area contributed by atoms with Crippen LogP contribution in [-0.2, 0) is 16.6 Å². The number of carbonyl (C=O) groups is 1. The van der Waals surface area contributed by atoms with E-state index in [2.05, 4.69) is 17.0 Å². The number of aryl methyl sites for hydroxylation is 1. The highest BCUT2D eigenvalue weighted by atomic mass is 32.2. The minimum absolute atomic E-state index is 0.147. The average Bonchev–Trinajstić information content (AvgIpc) is 2.64. The molecule has 0 saturated carbocycles. The van der Waals surface area contributed by atoms with Crippen LogP contribution in [0, 0.1) is 6.92 Å². The highest BCUT2D eigenvalue weighted by Crippen LogP contribution is 2.13. The predicted octanol–water partition coefficient (Wildman–Crippen LogP) is 3.39. The van der Waals surface area contributed by atoms with E-state index in [0.29, 0.717) is 12.1 Å². The van der Waals surface area contributed by atoms with Crippen molar-refractivity contribution in [1.82, 2.24) is 10.0 Å². The van der Waals surface area contributed by atoms with E-state index in [1.54, 1.807) is 0 Å². The van der Waals surface area contributed by atoms with Gasteiger partial charge in [0.15, 0.2) is 0 Å². The number of rotatable bonds is 9. The summed E-state index contributed by atoms with van der Waals surface area (Å²) in [6.45, 7) is 4.91. The van der Waals surface area contributed by atoms with Gasteiger partial charge in [0.25, 0.3) is 5.91 Å². The Morgan fingerprint density at radius 1 is 1.00 bits per heavy atom. The van der Waals surface area contributed by atoms with Crippen molar-refractivity contribution in [3.05, 3.63) is 65.2 Å². The summed E-state index contributed by atoms with van der Waals surface area (Å²) in [6, 6.07) is 13.6. The second-order valence-electron chi connectivity index (χ2n) is 6.24. The van der Waals surface area contributed by atoms with Crippen LogP contribution in [0.2, 0.25) is 0 Å². The van der Waals surface area contributed by atoms with Gasteiger partial charge >= 0.3 is 0 Å². The Morgan fingerprint density at radius 2 is 1.69 bits per heavy atom. The lowest BCUT2D eigenvalue weighted by Gasteiger charge is -2.10. The van der Waals surface area contributed by atoms with E-state index in [9.17, 15) is 13.2 Å². The maximum Gasteiger partial charge on any atom is 0.251 e. The quantitative estimate of drug-likeness (QED) is 0.661. The van der Waals surface area contributed by atoms with Crippen LogP contribution in [0.3, 0.4) is 0 Å². The van der Waals surface area contributed by atoms with Crippen molar-refractivity contribution < 1.29 is 13.2 Å². The van der Waals surface area contributed by atoms with Gasteiger partial charge in [-0.25, -0.2) is 13.1 Å². The highest BCUT2D eigenvalue weighted by molar-refractivity contribution is 7.89. The van der Waals surface area contributed by atoms with E-state index < -0.39 is 10.0 Å². The van der Waals surface area contributed by atoms with Crippen LogP contribution in [-0.4, -0.2) is 20.9 Å². The van der Waals surface area contributed by atoms with Crippen molar-refractivity contribution in [1.29, 1.82) is 0 Å². The lowest BCUT2D eigenvalue weighted by Crippen LogP contribution is -2.25. The zero-order valence-corrected chi connectivity index (χ0v) is 16.1. The molecule has 0 radical (unpaired) electrons. The van der Waals surface area contributed by atoms with Crippen LogP contribution in [0.25, 0.3) is 0 Å². The molecule has 0 fully saturated rings. The molecule has 0 aliphatic heterocycles. The van der Waals surface area contributed by atoms with Crippen LogP contribution in [0.5, 0.6) is 0 Å². The summed E-state index contributed by atoms with van der Waals surface area (Å²) in [5.41, 5.74) is 2.42. The van der Waals surface area contributed by atoms with E-state index in [1.807, 2.05) is 31.2 Å². The van der Waals surface area contributed by atoms with Crippen molar-refractivity contribution in [3.63, 3.8) is 0 Å². The predicted molar refractivity (Wildman–Crippen MR) is 104 cm³/mol. The summed E-state index contributed by atoms with van der Waals surface area (Å²) in [5, 5.41) is 2.84. The minimum atomic E-state index is -3.62. The number of hydrogen-bond acceptors (Lipinski definition) is 3. The number of amides is 1. The molecule has 0 heterocycles. The number of benzene rings is 2. The monoisotopic (exact) mass is 374 g/mol. The SMILES string of the molecule is CCCCCNC(=O)c1ccc(S(=O)(=O)NCc2ccccc2C)cc1. The normalized spacial score (nSPS) is 11.3. The molecule has 0 spiro atoms. The molecular formula is C20H26N2O3S. The molecule has 2 rings (SSSR count). The molecule has 2 aromatic rings. The third-order valence-corrected chi connectivity index (χ3v) is 5.62. The van der Waals surface area contributed by atoms with Gasteiger partial charge in [-0.2, -0.15) is 0 Å². The first-order chi connectivity index (χ1) is 12.4. The van der Waals surface area contributed by atoms with Crippen molar-refractivity contribution in [3.8, 4) is 0 Å². The Hall–Kier alpha value is -2.18. The van der Waals surface area contributed by atoms with E-state index in [1.165, 1.54) is 24.3 Å². The zero-order chi connectivity index (χ0) is 19.0. The molecule has 1 amide bonds. The second-order valence-corrected chi connectivity index (χ2v) is 8.01. The van der Waals surface area contributed by atoms with Crippen molar-refractivity contribution in [2.45, 2.75) is 44.6 Å². The van der Waals surface area contributed by atoms with Crippen LogP contribution < -0.4 is 10.0 Å². The summed E-state index contributed by atoms with van der Waals surface area (Å²) in [6.07, 6.45) is 3.11. The average molecular weight is 375 g/mol. The number of nitrogens with one attached hydrogen (secondary N) is 2. The molecule has 2 aromatic carbocycles. The third-order valence-electron chi connectivity index (χ3n) is 4.21. The molecule has 2 N–H and O–H groups in total. The Labute approximate surface area is 155 Å². The summed E-state index contributed by atoms with van der Waals surface area (Å²) in [5.74, 6) is -0.182. The first-order valence-electron chi connectivity index (χ1n) is 8.86. The fourth-order valence-electron chi connectivity index (χ4n) is 2.53. The molecule has 6 heteroatoms. The summed E-state index contributed by atoms with van der Waals surface area (Å²) in [7, 11) is -3.62. The first-order valence-corrected chi connectivity index (χ1v) is 10.3. The molecule has 0 unspecified atom stereocenters. The highest BCUT2D eigenvalue weighted by Gasteiger charge is 2.15. The molecule has 0 aliphatic carbocycles. The Balaban J connectivity index is 1.97. The topological polar surface area (TPSA) is 75.3 Å². The molecule has 0 aliphatic rings. The summed E-state index contributed by atoms with van der Waals surface area (Å²) in [4.78, 5) is 12.2. The first kappa shape index (κ1) is 20.1. The maximum atomic E-state index is 12.4. The number of hydrogen-bond donors (Lipinski definition) is 2. The van der Waals surface area contributed by atoms with Gasteiger partial charge < -0.3 is 5.32 Å². The molecule has 0 bridgehead atoms. The van der Waals surface area contributed by atoms with Crippen molar-refractivity contribution in [2.24, 2.45) is 0 Å². The van der Waals surface area contributed by atoms with Gasteiger partial charge in [0.1, 0.15) is 0 Å². The van der Waals surface area contributed by atoms with Crippen molar-refractivity contribution >= 4 is 15.9 Å². The summed E-state index contributed by atoms with van der Waals surface area (Å²) < 4.78 is 27.5. The van der Waals surface area contributed by atoms with E-state index in [-0.39, 0.29) is 17.3 Å². The largest absolute Gasteiger partial charge is 0.352 e. The van der Waals surface area contributed by atoms with Gasteiger partial charge in [0.2, 0.25) is 10.0 Å². The van der Waals surface area contributed by atoms with Crippen molar-refractivity contribution in [2.75, 3.05) is 6.54 Å². The Morgan fingerprint density at radius 3 is 2.35 bits per heavy atom. The molecule has 26 heavy (non-hydrogen) atoms. The van der Waals surface area contributed by atoms with Gasteiger partial charge in [-0.15, -0.1) is 0 Å². The van der Waals surface area contributed by atoms with E-state index in [0.717, 1.165) is 30.4 Å². The van der Waals surface area contributed by atoms with Crippen LogP contribution >= 0.6 is 0 Å². The van der Waals surface area contributed by atoms with Gasteiger partial charge in [0.05, 0.1) is 4.90 Å². The van der Waals surface area contributed by atoms with Gasteiger partial charge in [-0.1, -0.05) is 44.0 Å².